The maximum Gasteiger partial charge on any atom is 0.317 e. The van der Waals surface area contributed by atoms with Crippen molar-refractivity contribution in [3.05, 3.63) is 54.1 Å². The van der Waals surface area contributed by atoms with E-state index in [1.165, 1.54) is 0 Å². The second-order valence-electron chi connectivity index (χ2n) is 7.48. The van der Waals surface area contributed by atoms with Crippen LogP contribution in [0.5, 0.6) is 17.2 Å². The molecular formula is C22H28N2O4. The molecule has 6 heteroatoms. The highest BCUT2D eigenvalue weighted by Gasteiger charge is 2.24. The molecule has 0 unspecified atom stereocenters. The number of urea groups is 1. The van der Waals surface area contributed by atoms with Crippen LogP contribution in [0.3, 0.4) is 0 Å². The number of ether oxygens (including phenoxy) is 3. The number of rotatable bonds is 7. The van der Waals surface area contributed by atoms with E-state index in [0.29, 0.717) is 32.9 Å². The number of likely N-dealkylation sites (N-methyl/N-ethyl adjacent to an activating group) is 1. The first kappa shape index (κ1) is 19.9. The lowest BCUT2D eigenvalue weighted by atomic mass is 9.84. The number of hydrogen-bond donors (Lipinski definition) is 1. The Labute approximate surface area is 166 Å². The van der Waals surface area contributed by atoms with Crippen LogP contribution in [-0.4, -0.2) is 50.9 Å². The molecule has 0 aliphatic carbocycles. The second-order valence-corrected chi connectivity index (χ2v) is 7.48. The Morgan fingerprint density at radius 1 is 1.11 bits per heavy atom. The predicted octanol–water partition coefficient (Wildman–Crippen LogP) is 3.46. The van der Waals surface area contributed by atoms with Crippen LogP contribution in [-0.2, 0) is 5.41 Å². The number of carbonyl (C=O) groups is 1. The summed E-state index contributed by atoms with van der Waals surface area (Å²) in [5, 5.41) is 3.01. The van der Waals surface area contributed by atoms with Gasteiger partial charge in [-0.25, -0.2) is 4.79 Å². The van der Waals surface area contributed by atoms with Gasteiger partial charge in [0.05, 0.1) is 6.54 Å². The first-order chi connectivity index (χ1) is 13.5. The summed E-state index contributed by atoms with van der Waals surface area (Å²) in [5.41, 5.74) is 0.847. The smallest absolute Gasteiger partial charge is 0.317 e. The predicted molar refractivity (Wildman–Crippen MR) is 108 cm³/mol. The largest absolute Gasteiger partial charge is 0.492 e. The van der Waals surface area contributed by atoms with Gasteiger partial charge in [0.15, 0.2) is 11.5 Å². The summed E-state index contributed by atoms with van der Waals surface area (Å²) in [7, 11) is 1.76. The van der Waals surface area contributed by atoms with Gasteiger partial charge >= 0.3 is 6.03 Å². The molecule has 2 aromatic carbocycles. The van der Waals surface area contributed by atoms with Crippen LogP contribution < -0.4 is 19.5 Å². The molecule has 0 radical (unpaired) electrons. The Bertz CT molecular complexity index is 792. The van der Waals surface area contributed by atoms with Crippen molar-refractivity contribution in [1.29, 1.82) is 0 Å². The zero-order chi connectivity index (χ0) is 20.0. The molecule has 1 heterocycles. The molecule has 2 aromatic rings. The third-order valence-corrected chi connectivity index (χ3v) is 4.79. The quantitative estimate of drug-likeness (QED) is 0.794. The summed E-state index contributed by atoms with van der Waals surface area (Å²) in [6, 6.07) is 15.4. The van der Waals surface area contributed by atoms with E-state index in [4.69, 9.17) is 14.2 Å². The normalized spacial score (nSPS) is 13.0. The molecule has 0 saturated heterocycles. The number of benzene rings is 2. The summed E-state index contributed by atoms with van der Waals surface area (Å²) in [6.07, 6.45) is 0. The lowest BCUT2D eigenvalue weighted by molar-refractivity contribution is 0.171. The van der Waals surface area contributed by atoms with Crippen LogP contribution in [0.25, 0.3) is 0 Å². The van der Waals surface area contributed by atoms with E-state index in [2.05, 4.69) is 19.2 Å². The molecule has 0 aromatic heterocycles. The van der Waals surface area contributed by atoms with Gasteiger partial charge in [-0.15, -0.1) is 0 Å². The molecule has 0 atom stereocenters. The Morgan fingerprint density at radius 3 is 2.57 bits per heavy atom. The molecule has 150 valence electrons. The summed E-state index contributed by atoms with van der Waals surface area (Å²) in [6.45, 7) is 6.78. The molecule has 1 aliphatic heterocycles. The molecule has 0 bridgehead atoms. The molecular weight excluding hydrogens is 356 g/mol. The summed E-state index contributed by atoms with van der Waals surface area (Å²) < 4.78 is 16.9. The first-order valence-corrected chi connectivity index (χ1v) is 9.53. The van der Waals surface area contributed by atoms with Crippen LogP contribution >= 0.6 is 0 Å². The zero-order valence-corrected chi connectivity index (χ0v) is 16.7. The average molecular weight is 384 g/mol. The first-order valence-electron chi connectivity index (χ1n) is 9.53. The number of hydrogen-bond acceptors (Lipinski definition) is 4. The third-order valence-electron chi connectivity index (χ3n) is 4.79. The Morgan fingerprint density at radius 2 is 1.82 bits per heavy atom. The maximum atomic E-state index is 12.4. The highest BCUT2D eigenvalue weighted by atomic mass is 16.6. The topological polar surface area (TPSA) is 60.0 Å². The highest BCUT2D eigenvalue weighted by molar-refractivity contribution is 5.74. The van der Waals surface area contributed by atoms with Crippen LogP contribution in [0.4, 0.5) is 4.79 Å². The fourth-order valence-corrected chi connectivity index (χ4v) is 2.92. The van der Waals surface area contributed by atoms with Crippen LogP contribution in [0.15, 0.2) is 48.5 Å². The second kappa shape index (κ2) is 8.87. The zero-order valence-electron chi connectivity index (χ0n) is 16.7. The standard InChI is InChI=1S/C22H28N2O4/c1-22(2,17-9-10-19-20(15-17)28-14-13-27-19)16-23-21(25)24(3)11-12-26-18-7-5-4-6-8-18/h4-10,15H,11-14,16H2,1-3H3,(H,23,25). The van der Waals surface area contributed by atoms with Crippen molar-refractivity contribution in [3.8, 4) is 17.2 Å². The SMILES string of the molecule is CN(CCOc1ccccc1)C(=O)NCC(C)(C)c1ccc2c(c1)OCCO2. The fraction of sp³-hybridized carbons (Fsp3) is 0.409. The van der Waals surface area contributed by atoms with E-state index >= 15 is 0 Å². The van der Waals surface area contributed by atoms with Gasteiger partial charge in [0.25, 0.3) is 0 Å². The van der Waals surface area contributed by atoms with Gasteiger partial charge in [0.1, 0.15) is 25.6 Å². The fourth-order valence-electron chi connectivity index (χ4n) is 2.92. The Hall–Kier alpha value is -2.89. The van der Waals surface area contributed by atoms with Gasteiger partial charge < -0.3 is 24.4 Å². The molecule has 2 amide bonds. The van der Waals surface area contributed by atoms with Gasteiger partial charge in [-0.3, -0.25) is 0 Å². The van der Waals surface area contributed by atoms with Gasteiger partial charge in [-0.05, 0) is 29.8 Å². The van der Waals surface area contributed by atoms with Gasteiger partial charge in [0.2, 0.25) is 0 Å². The lowest BCUT2D eigenvalue weighted by Crippen LogP contribution is -2.44. The Kier molecular flexibility index (Phi) is 6.29. The number of amides is 2. The van der Waals surface area contributed by atoms with Crippen LogP contribution in [0, 0.1) is 0 Å². The van der Waals surface area contributed by atoms with Crippen molar-refractivity contribution in [3.63, 3.8) is 0 Å². The third kappa shape index (κ3) is 5.09. The summed E-state index contributed by atoms with van der Waals surface area (Å²) in [4.78, 5) is 14.0. The molecule has 6 nitrogen and oxygen atoms in total. The minimum Gasteiger partial charge on any atom is -0.492 e. The van der Waals surface area contributed by atoms with E-state index < -0.39 is 0 Å². The molecule has 0 fully saturated rings. The molecule has 3 rings (SSSR count). The monoisotopic (exact) mass is 384 g/mol. The van der Waals surface area contributed by atoms with E-state index in [0.717, 1.165) is 22.8 Å². The minimum absolute atomic E-state index is 0.123. The van der Waals surface area contributed by atoms with Gasteiger partial charge in [-0.1, -0.05) is 38.1 Å². The van der Waals surface area contributed by atoms with E-state index in [1.54, 1.807) is 11.9 Å². The van der Waals surface area contributed by atoms with Crippen molar-refractivity contribution in [2.75, 3.05) is 40.0 Å². The molecule has 1 aliphatic rings. The number of carbonyl (C=O) groups excluding carboxylic acids is 1. The van der Waals surface area contributed by atoms with Crippen molar-refractivity contribution in [2.24, 2.45) is 0 Å². The highest BCUT2D eigenvalue weighted by Crippen LogP contribution is 2.34. The number of nitrogens with one attached hydrogen (secondary N) is 1. The summed E-state index contributed by atoms with van der Waals surface area (Å²) >= 11 is 0. The van der Waals surface area contributed by atoms with Crippen molar-refractivity contribution in [1.82, 2.24) is 10.2 Å². The van der Waals surface area contributed by atoms with Gasteiger partial charge in [0, 0.05) is 19.0 Å². The number of fused-ring (bicyclic) bond motifs is 1. The number of para-hydroxylation sites is 1. The Balaban J connectivity index is 1.48. The summed E-state index contributed by atoms with van der Waals surface area (Å²) in [5.74, 6) is 2.34. The van der Waals surface area contributed by atoms with E-state index in [-0.39, 0.29) is 11.4 Å². The van der Waals surface area contributed by atoms with Crippen LogP contribution in [0.1, 0.15) is 19.4 Å². The van der Waals surface area contributed by atoms with Crippen molar-refractivity contribution >= 4 is 6.03 Å². The van der Waals surface area contributed by atoms with E-state index in [9.17, 15) is 4.79 Å². The molecule has 1 N–H and O–H groups in total. The van der Waals surface area contributed by atoms with Crippen molar-refractivity contribution < 1.29 is 19.0 Å². The lowest BCUT2D eigenvalue weighted by Gasteiger charge is -2.29. The number of nitrogens with zero attached hydrogens (tertiary/aromatic N) is 1. The van der Waals surface area contributed by atoms with Gasteiger partial charge in [-0.2, -0.15) is 0 Å². The molecule has 28 heavy (non-hydrogen) atoms. The minimum atomic E-state index is -0.243. The molecule has 0 spiro atoms. The molecule has 0 saturated carbocycles. The average Bonchev–Trinajstić information content (AvgIpc) is 2.72. The van der Waals surface area contributed by atoms with E-state index in [1.807, 2.05) is 48.5 Å². The maximum absolute atomic E-state index is 12.4. The van der Waals surface area contributed by atoms with Crippen LogP contribution in [0.2, 0.25) is 0 Å². The van der Waals surface area contributed by atoms with Crippen molar-refractivity contribution in [2.45, 2.75) is 19.3 Å².